The van der Waals surface area contributed by atoms with Crippen molar-refractivity contribution < 1.29 is 14.3 Å². The smallest absolute Gasteiger partial charge is 0.323 e. The van der Waals surface area contributed by atoms with Gasteiger partial charge in [-0.2, -0.15) is 0 Å². The number of carbonyl (C=O) groups excluding carboxylic acids is 2. The van der Waals surface area contributed by atoms with Crippen LogP contribution in [0.3, 0.4) is 0 Å². The predicted molar refractivity (Wildman–Crippen MR) is 134 cm³/mol. The van der Waals surface area contributed by atoms with E-state index in [-0.39, 0.29) is 11.9 Å². The van der Waals surface area contributed by atoms with E-state index >= 15 is 0 Å². The lowest BCUT2D eigenvalue weighted by Gasteiger charge is -2.35. The number of ether oxygens (including phenoxy) is 1. The maximum absolute atomic E-state index is 12.8. The summed E-state index contributed by atoms with van der Waals surface area (Å²) < 4.78 is 5.54. The van der Waals surface area contributed by atoms with Crippen LogP contribution in [0.4, 0.5) is 22.0 Å². The van der Waals surface area contributed by atoms with Crippen molar-refractivity contribution in [1.29, 1.82) is 0 Å². The Balaban J connectivity index is 1.31. The van der Waals surface area contributed by atoms with Crippen molar-refractivity contribution in [1.82, 2.24) is 9.88 Å². The van der Waals surface area contributed by atoms with E-state index in [1.54, 1.807) is 12.3 Å². The highest BCUT2D eigenvalue weighted by Crippen LogP contribution is 2.24. The highest BCUT2D eigenvalue weighted by Gasteiger charge is 2.23. The quantitative estimate of drug-likeness (QED) is 0.571. The molecule has 3 amide bonds. The van der Waals surface area contributed by atoms with Gasteiger partial charge in [-0.05, 0) is 49.7 Å². The molecule has 0 bridgehead atoms. The second-order valence-corrected chi connectivity index (χ2v) is 8.01. The van der Waals surface area contributed by atoms with Gasteiger partial charge in [0, 0.05) is 31.7 Å². The molecular weight excluding hydrogens is 430 g/mol. The molecule has 1 aromatic heterocycles. The molecule has 34 heavy (non-hydrogen) atoms. The van der Waals surface area contributed by atoms with Gasteiger partial charge in [0.05, 0.1) is 24.2 Å². The summed E-state index contributed by atoms with van der Waals surface area (Å²) in [5.41, 5.74) is 2.94. The minimum absolute atomic E-state index is 0.0715. The molecule has 2 aromatic carbocycles. The number of piperazine rings is 1. The number of anilines is 3. The van der Waals surface area contributed by atoms with E-state index in [1.165, 1.54) is 0 Å². The average molecular weight is 460 g/mol. The van der Waals surface area contributed by atoms with E-state index in [1.807, 2.05) is 73.3 Å². The zero-order valence-electron chi connectivity index (χ0n) is 19.5. The van der Waals surface area contributed by atoms with E-state index < -0.39 is 0 Å². The summed E-state index contributed by atoms with van der Waals surface area (Å²) >= 11 is 0. The summed E-state index contributed by atoms with van der Waals surface area (Å²) in [5, 5.41) is 5.60. The largest absolute Gasteiger partial charge is 0.492 e. The fourth-order valence-electron chi connectivity index (χ4n) is 3.90. The number of para-hydroxylation sites is 2. The number of nitrogens with zero attached hydrogens (tertiary/aromatic N) is 3. The van der Waals surface area contributed by atoms with Crippen LogP contribution < -0.4 is 20.3 Å². The topological polar surface area (TPSA) is 86.8 Å². The second kappa shape index (κ2) is 10.7. The Morgan fingerprint density at radius 2 is 1.68 bits per heavy atom. The predicted octanol–water partition coefficient (Wildman–Crippen LogP) is 4.40. The fraction of sp³-hybridized carbons (Fsp3) is 0.269. The van der Waals surface area contributed by atoms with E-state index in [0.717, 1.165) is 16.9 Å². The molecule has 176 valence electrons. The van der Waals surface area contributed by atoms with Crippen LogP contribution in [0.1, 0.15) is 22.8 Å². The molecule has 0 saturated carbocycles. The van der Waals surface area contributed by atoms with Gasteiger partial charge >= 0.3 is 6.03 Å². The van der Waals surface area contributed by atoms with Crippen LogP contribution >= 0.6 is 0 Å². The van der Waals surface area contributed by atoms with E-state index in [9.17, 15) is 9.59 Å². The van der Waals surface area contributed by atoms with Gasteiger partial charge in [-0.25, -0.2) is 9.78 Å². The molecule has 0 aliphatic carbocycles. The zero-order valence-corrected chi connectivity index (χ0v) is 19.5. The highest BCUT2D eigenvalue weighted by atomic mass is 16.5. The zero-order chi connectivity index (χ0) is 23.9. The molecular formula is C26H29N5O3. The van der Waals surface area contributed by atoms with Gasteiger partial charge in [0.2, 0.25) is 0 Å². The Labute approximate surface area is 199 Å². The van der Waals surface area contributed by atoms with Crippen molar-refractivity contribution in [2.75, 3.05) is 48.3 Å². The third kappa shape index (κ3) is 5.46. The lowest BCUT2D eigenvalue weighted by atomic mass is 10.1. The van der Waals surface area contributed by atoms with Crippen molar-refractivity contribution >= 4 is 29.1 Å². The number of hydrogen-bond donors (Lipinski definition) is 2. The summed E-state index contributed by atoms with van der Waals surface area (Å²) in [7, 11) is 0. The third-order valence-corrected chi connectivity index (χ3v) is 5.71. The molecule has 0 unspecified atom stereocenters. The fourth-order valence-corrected chi connectivity index (χ4v) is 3.90. The Bertz CT molecular complexity index is 1140. The minimum atomic E-state index is -0.370. The molecule has 8 nitrogen and oxygen atoms in total. The Morgan fingerprint density at radius 1 is 0.941 bits per heavy atom. The molecule has 2 N–H and O–H groups in total. The molecule has 2 heterocycles. The summed E-state index contributed by atoms with van der Waals surface area (Å²) in [4.78, 5) is 33.8. The van der Waals surface area contributed by atoms with Crippen molar-refractivity contribution in [2.24, 2.45) is 0 Å². The first kappa shape index (κ1) is 23.1. The van der Waals surface area contributed by atoms with Crippen LogP contribution in [0.15, 0.2) is 66.9 Å². The normalized spacial score (nSPS) is 13.4. The number of aromatic nitrogens is 1. The Morgan fingerprint density at radius 3 is 2.38 bits per heavy atom. The Kier molecular flexibility index (Phi) is 7.27. The van der Waals surface area contributed by atoms with Crippen LogP contribution in [0.25, 0.3) is 0 Å². The first-order valence-electron chi connectivity index (χ1n) is 11.4. The molecule has 4 rings (SSSR count). The maximum atomic E-state index is 12.8. The summed E-state index contributed by atoms with van der Waals surface area (Å²) in [6.45, 7) is 7.04. The lowest BCUT2D eigenvalue weighted by molar-refractivity contribution is 0.0745. The average Bonchev–Trinajstić information content (AvgIpc) is 2.86. The molecule has 0 atom stereocenters. The molecule has 1 fully saturated rings. The summed E-state index contributed by atoms with van der Waals surface area (Å²) in [5.74, 6) is 1.51. The van der Waals surface area contributed by atoms with Crippen molar-refractivity contribution in [3.63, 3.8) is 0 Å². The number of benzene rings is 2. The molecule has 3 aromatic rings. The molecule has 1 saturated heterocycles. The van der Waals surface area contributed by atoms with E-state index in [0.29, 0.717) is 49.9 Å². The van der Waals surface area contributed by atoms with Gasteiger partial charge in [-0.3, -0.25) is 4.79 Å². The van der Waals surface area contributed by atoms with Gasteiger partial charge in [0.25, 0.3) is 5.91 Å². The summed E-state index contributed by atoms with van der Waals surface area (Å²) in [6.07, 6.45) is 1.63. The Hall–Kier alpha value is -4.07. The highest BCUT2D eigenvalue weighted by molar-refractivity contribution is 6.00. The van der Waals surface area contributed by atoms with E-state index in [2.05, 4.69) is 20.5 Å². The van der Waals surface area contributed by atoms with Gasteiger partial charge in [-0.15, -0.1) is 0 Å². The number of hydrogen-bond acceptors (Lipinski definition) is 5. The number of urea groups is 1. The number of nitrogens with one attached hydrogen (secondary N) is 2. The monoisotopic (exact) mass is 459 g/mol. The first-order chi connectivity index (χ1) is 16.5. The number of amides is 3. The van der Waals surface area contributed by atoms with Crippen LogP contribution in [-0.2, 0) is 0 Å². The van der Waals surface area contributed by atoms with Crippen LogP contribution in [0, 0.1) is 6.92 Å². The maximum Gasteiger partial charge on any atom is 0.323 e. The van der Waals surface area contributed by atoms with Crippen LogP contribution in [0.2, 0.25) is 0 Å². The molecule has 1 aliphatic rings. The van der Waals surface area contributed by atoms with Gasteiger partial charge in [0.15, 0.2) is 0 Å². The van der Waals surface area contributed by atoms with Gasteiger partial charge < -0.3 is 25.2 Å². The van der Waals surface area contributed by atoms with Crippen molar-refractivity contribution in [3.05, 3.63) is 78.0 Å². The molecule has 0 spiro atoms. The molecule has 8 heteroatoms. The standard InChI is InChI=1S/C26H29N5O3/c1-3-34-23-11-7-6-10-22(23)29-26(33)28-20-12-13-24(27-18-20)30-14-16-31(17-15-30)25(32)21-9-5-4-8-19(21)2/h4-13,18H,3,14-17H2,1-2H3,(H2,28,29,33). The third-order valence-electron chi connectivity index (χ3n) is 5.71. The summed E-state index contributed by atoms with van der Waals surface area (Å²) in [6, 6.07) is 18.3. The number of pyridine rings is 1. The van der Waals surface area contributed by atoms with Gasteiger partial charge in [-0.1, -0.05) is 30.3 Å². The first-order valence-corrected chi connectivity index (χ1v) is 11.4. The lowest BCUT2D eigenvalue weighted by Crippen LogP contribution is -2.49. The molecule has 0 radical (unpaired) electrons. The van der Waals surface area contributed by atoms with Crippen LogP contribution in [0.5, 0.6) is 5.75 Å². The van der Waals surface area contributed by atoms with Crippen molar-refractivity contribution in [3.8, 4) is 5.75 Å². The second-order valence-electron chi connectivity index (χ2n) is 8.01. The number of rotatable bonds is 6. The van der Waals surface area contributed by atoms with E-state index in [4.69, 9.17) is 4.74 Å². The SMILES string of the molecule is CCOc1ccccc1NC(=O)Nc1ccc(N2CCN(C(=O)c3ccccc3C)CC2)nc1. The number of carbonyl (C=O) groups is 2. The van der Waals surface area contributed by atoms with Crippen molar-refractivity contribution in [2.45, 2.75) is 13.8 Å². The molecule has 1 aliphatic heterocycles. The minimum Gasteiger partial charge on any atom is -0.492 e. The van der Waals surface area contributed by atoms with Crippen LogP contribution in [-0.4, -0.2) is 54.6 Å². The van der Waals surface area contributed by atoms with Gasteiger partial charge in [0.1, 0.15) is 11.6 Å². The number of aryl methyl sites for hydroxylation is 1.